The Balaban J connectivity index is 3.04. The van der Waals surface area contributed by atoms with Crippen LogP contribution in [0.2, 0.25) is 0 Å². The summed E-state index contributed by atoms with van der Waals surface area (Å²) >= 11 is 0. The predicted octanol–water partition coefficient (Wildman–Crippen LogP) is 4.93. The molecule has 0 spiro atoms. The van der Waals surface area contributed by atoms with Crippen LogP contribution < -0.4 is 5.32 Å². The Kier molecular flexibility index (Phi) is 13.5. The van der Waals surface area contributed by atoms with E-state index in [0.29, 0.717) is 0 Å². The maximum atomic E-state index is 3.46. The fraction of sp³-hybridized carbons (Fsp3) is 0.875. The molecule has 0 aliphatic heterocycles. The van der Waals surface area contributed by atoms with Gasteiger partial charge in [0.1, 0.15) is 0 Å². The van der Waals surface area contributed by atoms with Gasteiger partial charge in [-0.15, -0.1) is 0 Å². The molecule has 0 aromatic rings. The van der Waals surface area contributed by atoms with Crippen LogP contribution in [-0.2, 0) is 0 Å². The Morgan fingerprint density at radius 3 is 2.24 bits per heavy atom. The summed E-state index contributed by atoms with van der Waals surface area (Å²) in [6, 6.07) is 0. The van der Waals surface area contributed by atoms with Crippen LogP contribution >= 0.6 is 0 Å². The third-order valence-corrected chi connectivity index (χ3v) is 2.93. The summed E-state index contributed by atoms with van der Waals surface area (Å²) in [7, 11) is 0. The van der Waals surface area contributed by atoms with Crippen LogP contribution in [0.4, 0.5) is 0 Å². The second kappa shape index (κ2) is 13.8. The second-order valence-electron chi connectivity index (χ2n) is 5.41. The van der Waals surface area contributed by atoms with E-state index in [4.69, 9.17) is 0 Å². The van der Waals surface area contributed by atoms with Gasteiger partial charge in [-0.1, -0.05) is 65.0 Å². The van der Waals surface area contributed by atoms with Crippen LogP contribution in [0.5, 0.6) is 0 Å². The highest BCUT2D eigenvalue weighted by atomic mass is 14.8. The minimum atomic E-state index is 0.766. The third-order valence-electron chi connectivity index (χ3n) is 2.93. The lowest BCUT2D eigenvalue weighted by Crippen LogP contribution is -2.20. The van der Waals surface area contributed by atoms with E-state index in [1.807, 2.05) is 0 Å². The van der Waals surface area contributed by atoms with E-state index < -0.39 is 0 Å². The fourth-order valence-electron chi connectivity index (χ4n) is 1.85. The Labute approximate surface area is 109 Å². The van der Waals surface area contributed by atoms with Crippen molar-refractivity contribution in [3.63, 3.8) is 0 Å². The molecular formula is C16H33N. The SMILES string of the molecule is CCCCCCCCC=CCCNCC(C)C. The minimum Gasteiger partial charge on any atom is -0.316 e. The molecule has 0 aliphatic rings. The molecule has 1 heteroatoms. The Morgan fingerprint density at radius 2 is 1.53 bits per heavy atom. The Morgan fingerprint density at radius 1 is 0.882 bits per heavy atom. The first-order chi connectivity index (χ1) is 8.27. The molecule has 0 amide bonds. The second-order valence-corrected chi connectivity index (χ2v) is 5.41. The highest BCUT2D eigenvalue weighted by Gasteiger charge is 1.90. The largest absolute Gasteiger partial charge is 0.316 e. The van der Waals surface area contributed by atoms with Crippen LogP contribution in [0, 0.1) is 5.92 Å². The van der Waals surface area contributed by atoms with Crippen LogP contribution in [0.3, 0.4) is 0 Å². The quantitative estimate of drug-likeness (QED) is 0.376. The molecule has 0 aromatic heterocycles. The maximum Gasteiger partial charge on any atom is -0.00142 e. The van der Waals surface area contributed by atoms with Crippen LogP contribution in [0.15, 0.2) is 12.2 Å². The van der Waals surface area contributed by atoms with Gasteiger partial charge in [0.15, 0.2) is 0 Å². The van der Waals surface area contributed by atoms with Gasteiger partial charge in [0.05, 0.1) is 0 Å². The number of nitrogens with one attached hydrogen (secondary N) is 1. The lowest BCUT2D eigenvalue weighted by molar-refractivity contribution is 0.556. The monoisotopic (exact) mass is 239 g/mol. The summed E-state index contributed by atoms with van der Waals surface area (Å²) < 4.78 is 0. The molecule has 0 aromatic carbocycles. The number of hydrogen-bond donors (Lipinski definition) is 1. The summed E-state index contributed by atoms with van der Waals surface area (Å²) in [6.45, 7) is 9.05. The van der Waals surface area contributed by atoms with Crippen LogP contribution in [-0.4, -0.2) is 13.1 Å². The zero-order valence-electron chi connectivity index (χ0n) is 12.3. The molecule has 102 valence electrons. The first kappa shape index (κ1) is 16.7. The molecule has 1 N–H and O–H groups in total. The highest BCUT2D eigenvalue weighted by Crippen LogP contribution is 2.07. The lowest BCUT2D eigenvalue weighted by Gasteiger charge is -2.04. The number of allylic oxidation sites excluding steroid dienone is 1. The van der Waals surface area contributed by atoms with Crippen molar-refractivity contribution >= 4 is 0 Å². The average molecular weight is 239 g/mol. The van der Waals surface area contributed by atoms with Crippen molar-refractivity contribution in [1.29, 1.82) is 0 Å². The molecule has 0 rings (SSSR count). The molecule has 0 saturated carbocycles. The minimum absolute atomic E-state index is 0.766. The van der Waals surface area contributed by atoms with Gasteiger partial charge >= 0.3 is 0 Å². The van der Waals surface area contributed by atoms with E-state index in [9.17, 15) is 0 Å². The van der Waals surface area contributed by atoms with E-state index in [-0.39, 0.29) is 0 Å². The zero-order valence-corrected chi connectivity index (χ0v) is 12.3. The standard InChI is InChI=1S/C16H33N/c1-4-5-6-7-8-9-10-11-12-13-14-17-15-16(2)3/h11-12,16-17H,4-10,13-15H2,1-3H3. The molecule has 0 saturated heterocycles. The smallest absolute Gasteiger partial charge is 0.00142 e. The maximum absolute atomic E-state index is 3.46. The molecular weight excluding hydrogens is 206 g/mol. The summed E-state index contributed by atoms with van der Waals surface area (Å²) in [5, 5.41) is 3.46. The van der Waals surface area contributed by atoms with Crippen molar-refractivity contribution in [2.24, 2.45) is 5.92 Å². The van der Waals surface area contributed by atoms with Crippen molar-refractivity contribution in [3.8, 4) is 0 Å². The summed E-state index contributed by atoms with van der Waals surface area (Å²) in [5.41, 5.74) is 0. The van der Waals surface area contributed by atoms with E-state index in [0.717, 1.165) is 19.0 Å². The van der Waals surface area contributed by atoms with Gasteiger partial charge in [-0.25, -0.2) is 0 Å². The van der Waals surface area contributed by atoms with Crippen LogP contribution in [0.25, 0.3) is 0 Å². The average Bonchev–Trinajstić information content (AvgIpc) is 2.30. The van der Waals surface area contributed by atoms with Gasteiger partial charge in [0, 0.05) is 0 Å². The molecule has 0 heterocycles. The van der Waals surface area contributed by atoms with Gasteiger partial charge in [0.25, 0.3) is 0 Å². The highest BCUT2D eigenvalue weighted by molar-refractivity contribution is 4.82. The Hall–Kier alpha value is -0.300. The van der Waals surface area contributed by atoms with E-state index in [1.165, 1.54) is 51.4 Å². The van der Waals surface area contributed by atoms with E-state index in [2.05, 4.69) is 38.2 Å². The summed E-state index contributed by atoms with van der Waals surface area (Å²) in [4.78, 5) is 0. The molecule has 1 nitrogen and oxygen atoms in total. The number of rotatable bonds is 12. The lowest BCUT2D eigenvalue weighted by atomic mass is 10.1. The number of unbranched alkanes of at least 4 members (excludes halogenated alkanes) is 6. The van der Waals surface area contributed by atoms with Crippen molar-refractivity contribution < 1.29 is 0 Å². The molecule has 0 aliphatic carbocycles. The van der Waals surface area contributed by atoms with Crippen LogP contribution in [0.1, 0.15) is 72.1 Å². The molecule has 0 unspecified atom stereocenters. The zero-order chi connectivity index (χ0) is 12.8. The van der Waals surface area contributed by atoms with Crippen molar-refractivity contribution in [2.75, 3.05) is 13.1 Å². The summed E-state index contributed by atoms with van der Waals surface area (Å²) in [5.74, 6) is 0.766. The van der Waals surface area contributed by atoms with Gasteiger partial charge < -0.3 is 5.32 Å². The van der Waals surface area contributed by atoms with Gasteiger partial charge in [-0.2, -0.15) is 0 Å². The Bertz CT molecular complexity index is 161. The molecule has 0 fully saturated rings. The van der Waals surface area contributed by atoms with Gasteiger partial charge in [-0.05, 0) is 38.3 Å². The molecule has 0 bridgehead atoms. The van der Waals surface area contributed by atoms with Crippen molar-refractivity contribution in [1.82, 2.24) is 5.32 Å². The van der Waals surface area contributed by atoms with Gasteiger partial charge in [0.2, 0.25) is 0 Å². The van der Waals surface area contributed by atoms with Crippen molar-refractivity contribution in [3.05, 3.63) is 12.2 Å². The third kappa shape index (κ3) is 15.7. The first-order valence-corrected chi connectivity index (χ1v) is 7.63. The number of hydrogen-bond acceptors (Lipinski definition) is 1. The molecule has 0 radical (unpaired) electrons. The van der Waals surface area contributed by atoms with E-state index in [1.54, 1.807) is 0 Å². The molecule has 0 atom stereocenters. The fourth-order valence-corrected chi connectivity index (χ4v) is 1.85. The van der Waals surface area contributed by atoms with E-state index >= 15 is 0 Å². The first-order valence-electron chi connectivity index (χ1n) is 7.63. The molecule has 17 heavy (non-hydrogen) atoms. The van der Waals surface area contributed by atoms with Gasteiger partial charge in [-0.3, -0.25) is 0 Å². The topological polar surface area (TPSA) is 12.0 Å². The normalized spacial score (nSPS) is 11.8. The predicted molar refractivity (Wildman–Crippen MR) is 79.5 cm³/mol. The van der Waals surface area contributed by atoms with Crippen molar-refractivity contribution in [2.45, 2.75) is 72.1 Å². The summed E-state index contributed by atoms with van der Waals surface area (Å²) in [6.07, 6.45) is 15.6.